The van der Waals surface area contributed by atoms with Crippen molar-refractivity contribution in [3.8, 4) is 0 Å². The van der Waals surface area contributed by atoms with Crippen molar-refractivity contribution in [2.24, 2.45) is 5.73 Å². The first-order valence-electron chi connectivity index (χ1n) is 6.78. The Balaban J connectivity index is 2.00. The molecule has 0 amide bonds. The van der Waals surface area contributed by atoms with Gasteiger partial charge in [0, 0.05) is 18.8 Å². The number of aromatic nitrogens is 2. The van der Waals surface area contributed by atoms with Gasteiger partial charge >= 0.3 is 0 Å². The third-order valence-corrected chi connectivity index (χ3v) is 6.58. The second-order valence-corrected chi connectivity index (χ2v) is 9.15. The van der Waals surface area contributed by atoms with Crippen molar-refractivity contribution >= 4 is 19.9 Å². The highest BCUT2D eigenvalue weighted by molar-refractivity contribution is 7.91. The van der Waals surface area contributed by atoms with Crippen molar-refractivity contribution in [3.05, 3.63) is 12.4 Å². The van der Waals surface area contributed by atoms with Crippen LogP contribution in [-0.4, -0.2) is 50.7 Å². The van der Waals surface area contributed by atoms with E-state index < -0.39 is 19.9 Å². The van der Waals surface area contributed by atoms with E-state index in [1.807, 2.05) is 0 Å². The predicted octanol–water partition coefficient (Wildman–Crippen LogP) is -0.913. The summed E-state index contributed by atoms with van der Waals surface area (Å²) in [6.07, 6.45) is 4.08. The van der Waals surface area contributed by atoms with Gasteiger partial charge in [-0.05, 0) is 25.8 Å². The summed E-state index contributed by atoms with van der Waals surface area (Å²) in [5.74, 6) is 0.0475. The van der Waals surface area contributed by atoms with E-state index in [1.54, 1.807) is 0 Å². The molecule has 2 rings (SSSR count). The predicted molar refractivity (Wildman–Crippen MR) is 77.9 cm³/mol. The monoisotopic (exact) mass is 336 g/mol. The zero-order valence-electron chi connectivity index (χ0n) is 11.6. The lowest BCUT2D eigenvalue weighted by atomic mass is 10.2. The highest BCUT2D eigenvalue weighted by Gasteiger charge is 2.28. The topological polar surface area (TPSA) is 124 Å². The summed E-state index contributed by atoms with van der Waals surface area (Å²) in [6, 6.07) is -0.342. The Hall–Kier alpha value is -0.970. The number of sulfone groups is 1. The van der Waals surface area contributed by atoms with Gasteiger partial charge in [0.05, 0.1) is 17.7 Å². The zero-order chi connectivity index (χ0) is 15.5. The van der Waals surface area contributed by atoms with Gasteiger partial charge in [0.1, 0.15) is 14.7 Å². The normalized spacial score (nSPS) is 19.7. The van der Waals surface area contributed by atoms with Crippen LogP contribution in [0.2, 0.25) is 0 Å². The average molecular weight is 336 g/mol. The van der Waals surface area contributed by atoms with Gasteiger partial charge < -0.3 is 5.73 Å². The number of nitrogens with two attached hydrogens (primary N) is 1. The molecule has 21 heavy (non-hydrogen) atoms. The largest absolute Gasteiger partial charge is 0.330 e. The van der Waals surface area contributed by atoms with Crippen molar-refractivity contribution in [1.82, 2.24) is 14.5 Å². The van der Waals surface area contributed by atoms with Crippen molar-refractivity contribution in [2.45, 2.75) is 36.7 Å². The molecule has 0 aromatic carbocycles. The number of sulfonamides is 1. The number of aryl methyl sites for hydroxylation is 1. The Morgan fingerprint density at radius 3 is 2.67 bits per heavy atom. The maximum atomic E-state index is 12.2. The number of nitrogens with one attached hydrogen (secondary N) is 1. The molecular formula is C11H20N4O4S2. The number of hydrogen-bond acceptors (Lipinski definition) is 6. The molecule has 120 valence electrons. The highest BCUT2D eigenvalue weighted by atomic mass is 32.2. The van der Waals surface area contributed by atoms with E-state index in [2.05, 4.69) is 9.82 Å². The summed E-state index contributed by atoms with van der Waals surface area (Å²) in [6.45, 7) is 1.07. The van der Waals surface area contributed by atoms with Crippen LogP contribution >= 0.6 is 0 Å². The summed E-state index contributed by atoms with van der Waals surface area (Å²) in [4.78, 5) is 0.0907. The minimum Gasteiger partial charge on any atom is -0.330 e. The van der Waals surface area contributed by atoms with Gasteiger partial charge in [0.15, 0.2) is 0 Å². The van der Waals surface area contributed by atoms with Gasteiger partial charge in [0.2, 0.25) is 10.0 Å². The Kier molecular flexibility index (Phi) is 5.02. The third-order valence-electron chi connectivity index (χ3n) is 3.39. The minimum absolute atomic E-state index is 0.0238. The Morgan fingerprint density at radius 1 is 1.38 bits per heavy atom. The molecular weight excluding hydrogens is 316 g/mol. The van der Waals surface area contributed by atoms with E-state index in [1.165, 1.54) is 17.1 Å². The van der Waals surface area contributed by atoms with E-state index in [-0.39, 0.29) is 22.4 Å². The van der Waals surface area contributed by atoms with Crippen LogP contribution in [0.4, 0.5) is 0 Å². The van der Waals surface area contributed by atoms with E-state index in [4.69, 9.17) is 5.73 Å². The molecule has 3 N–H and O–H groups in total. The average Bonchev–Trinajstić information content (AvgIpc) is 2.88. The van der Waals surface area contributed by atoms with Gasteiger partial charge in [-0.15, -0.1) is 0 Å². The minimum atomic E-state index is -3.66. The first kappa shape index (κ1) is 16.4. The Labute approximate surface area is 124 Å². The lowest BCUT2D eigenvalue weighted by molar-refractivity contribution is 0.505. The van der Waals surface area contributed by atoms with Crippen LogP contribution in [-0.2, 0) is 26.4 Å². The van der Waals surface area contributed by atoms with Crippen LogP contribution in [0.3, 0.4) is 0 Å². The molecule has 1 aromatic rings. The molecule has 0 radical (unpaired) electrons. The summed E-state index contributed by atoms with van der Waals surface area (Å²) in [5.41, 5.74) is 5.39. The van der Waals surface area contributed by atoms with Gasteiger partial charge in [-0.3, -0.25) is 4.68 Å². The van der Waals surface area contributed by atoms with Gasteiger partial charge in [-0.1, -0.05) is 0 Å². The summed E-state index contributed by atoms with van der Waals surface area (Å²) in [7, 11) is -6.67. The van der Waals surface area contributed by atoms with Crippen LogP contribution in [0.1, 0.15) is 19.3 Å². The van der Waals surface area contributed by atoms with E-state index >= 15 is 0 Å². The molecule has 2 heterocycles. The van der Waals surface area contributed by atoms with E-state index in [0.717, 1.165) is 6.42 Å². The van der Waals surface area contributed by atoms with Crippen LogP contribution in [0.25, 0.3) is 0 Å². The third kappa shape index (κ3) is 4.50. The molecule has 0 spiro atoms. The molecule has 0 saturated carbocycles. The Morgan fingerprint density at radius 2 is 2.05 bits per heavy atom. The molecule has 0 atom stereocenters. The molecule has 1 saturated heterocycles. The quantitative estimate of drug-likeness (QED) is 0.693. The van der Waals surface area contributed by atoms with Gasteiger partial charge in [0.25, 0.3) is 0 Å². The second-order valence-electron chi connectivity index (χ2n) is 5.13. The number of rotatable bonds is 6. The number of nitrogens with zero attached hydrogens (tertiary/aromatic N) is 2. The van der Waals surface area contributed by atoms with Crippen molar-refractivity contribution in [1.29, 1.82) is 0 Å². The van der Waals surface area contributed by atoms with E-state index in [0.29, 0.717) is 25.9 Å². The van der Waals surface area contributed by atoms with Crippen molar-refractivity contribution < 1.29 is 16.8 Å². The van der Waals surface area contributed by atoms with Crippen LogP contribution in [0, 0.1) is 0 Å². The number of hydrogen-bond donors (Lipinski definition) is 2. The molecule has 1 aromatic heterocycles. The summed E-state index contributed by atoms with van der Waals surface area (Å²) >= 11 is 0. The van der Waals surface area contributed by atoms with Crippen LogP contribution < -0.4 is 10.5 Å². The first-order chi connectivity index (χ1) is 9.82. The van der Waals surface area contributed by atoms with Crippen LogP contribution in [0.5, 0.6) is 0 Å². The first-order valence-corrected chi connectivity index (χ1v) is 10.1. The maximum absolute atomic E-state index is 12.2. The standard InChI is InChI=1S/C11H20N4O4S2/c12-4-1-5-15-9-11(8-13-15)21(18,19)14-10-2-6-20(16,17)7-3-10/h8-10,14H,1-7,12H2. The van der Waals surface area contributed by atoms with Gasteiger partial charge in [-0.25, -0.2) is 21.6 Å². The summed E-state index contributed by atoms with van der Waals surface area (Å²) in [5, 5.41) is 3.98. The molecule has 1 aliphatic rings. The van der Waals surface area contributed by atoms with Crippen LogP contribution in [0.15, 0.2) is 17.3 Å². The lowest BCUT2D eigenvalue weighted by Crippen LogP contribution is -2.40. The SMILES string of the molecule is NCCCn1cc(S(=O)(=O)NC2CCS(=O)(=O)CC2)cn1. The van der Waals surface area contributed by atoms with Crippen molar-refractivity contribution in [2.75, 3.05) is 18.1 Å². The summed E-state index contributed by atoms with van der Waals surface area (Å²) < 4.78 is 51.2. The molecule has 0 unspecified atom stereocenters. The second kappa shape index (κ2) is 6.42. The molecule has 8 nitrogen and oxygen atoms in total. The molecule has 0 aliphatic carbocycles. The maximum Gasteiger partial charge on any atom is 0.243 e. The highest BCUT2D eigenvalue weighted by Crippen LogP contribution is 2.16. The van der Waals surface area contributed by atoms with Gasteiger partial charge in [-0.2, -0.15) is 5.10 Å². The fourth-order valence-electron chi connectivity index (χ4n) is 2.15. The molecule has 0 bridgehead atoms. The fraction of sp³-hybridized carbons (Fsp3) is 0.727. The fourth-order valence-corrected chi connectivity index (χ4v) is 4.90. The zero-order valence-corrected chi connectivity index (χ0v) is 13.2. The molecule has 1 fully saturated rings. The Bertz CT molecular complexity index is 667. The molecule has 10 heteroatoms. The lowest BCUT2D eigenvalue weighted by Gasteiger charge is -2.22. The smallest absolute Gasteiger partial charge is 0.243 e. The van der Waals surface area contributed by atoms with Crippen molar-refractivity contribution in [3.63, 3.8) is 0 Å². The molecule has 1 aliphatic heterocycles. The van der Waals surface area contributed by atoms with E-state index in [9.17, 15) is 16.8 Å².